The molecule has 2 aromatic carbocycles. The highest BCUT2D eigenvalue weighted by Crippen LogP contribution is 2.31. The summed E-state index contributed by atoms with van der Waals surface area (Å²) in [6.45, 7) is 5.80. The molecule has 1 N–H and O–H groups in total. The van der Waals surface area contributed by atoms with Crippen molar-refractivity contribution in [1.29, 1.82) is 0 Å². The van der Waals surface area contributed by atoms with E-state index in [1.807, 2.05) is 49.4 Å². The van der Waals surface area contributed by atoms with E-state index in [2.05, 4.69) is 17.3 Å². The van der Waals surface area contributed by atoms with E-state index in [0.717, 1.165) is 48.9 Å². The van der Waals surface area contributed by atoms with Gasteiger partial charge in [0.2, 0.25) is 11.3 Å². The molecule has 1 aliphatic carbocycles. The molecule has 33 heavy (non-hydrogen) atoms. The summed E-state index contributed by atoms with van der Waals surface area (Å²) < 4.78 is 7.09. The first-order valence-corrected chi connectivity index (χ1v) is 11.6. The van der Waals surface area contributed by atoms with Crippen molar-refractivity contribution in [3.8, 4) is 22.6 Å². The number of nitrogens with one attached hydrogen (secondary N) is 1. The minimum Gasteiger partial charge on any atom is -0.497 e. The Morgan fingerprint density at radius 3 is 2.48 bits per heavy atom. The van der Waals surface area contributed by atoms with Crippen molar-refractivity contribution in [2.75, 3.05) is 12.4 Å². The summed E-state index contributed by atoms with van der Waals surface area (Å²) in [7, 11) is 1.59. The van der Waals surface area contributed by atoms with Crippen LogP contribution >= 0.6 is 0 Å². The second-order valence-corrected chi connectivity index (χ2v) is 8.87. The Morgan fingerprint density at radius 2 is 1.79 bits per heavy atom. The average molecular weight is 446 g/mol. The lowest BCUT2D eigenvalue weighted by atomic mass is 9.88. The molecule has 0 aliphatic heterocycles. The van der Waals surface area contributed by atoms with Crippen LogP contribution in [0.15, 0.2) is 47.3 Å². The third-order valence-electron chi connectivity index (χ3n) is 6.57. The average Bonchev–Trinajstić information content (AvgIpc) is 2.83. The van der Waals surface area contributed by atoms with E-state index in [1.165, 1.54) is 0 Å². The van der Waals surface area contributed by atoms with Gasteiger partial charge in [0, 0.05) is 5.92 Å². The van der Waals surface area contributed by atoms with Crippen molar-refractivity contribution in [1.82, 2.24) is 9.78 Å². The molecule has 172 valence electrons. The summed E-state index contributed by atoms with van der Waals surface area (Å²) in [6.07, 6.45) is 5.01. The number of methoxy groups -OCH3 is 1. The first-order chi connectivity index (χ1) is 15.9. The molecular weight excluding hydrogens is 414 g/mol. The summed E-state index contributed by atoms with van der Waals surface area (Å²) in [5.74, 6) is 0.935. The molecule has 0 bridgehead atoms. The molecule has 6 nitrogen and oxygen atoms in total. The lowest BCUT2D eigenvalue weighted by molar-refractivity contribution is -0.120. The maximum Gasteiger partial charge on any atom is 0.228 e. The predicted octanol–water partition coefficient (Wildman–Crippen LogP) is 5.35. The van der Waals surface area contributed by atoms with E-state index < -0.39 is 0 Å². The number of rotatable bonds is 5. The highest BCUT2D eigenvalue weighted by Gasteiger charge is 2.26. The fraction of sp³-hybridized carbons (Fsp3) is 0.370. The molecule has 6 heteroatoms. The van der Waals surface area contributed by atoms with Gasteiger partial charge in [-0.2, -0.15) is 5.10 Å². The number of benzene rings is 2. The minimum atomic E-state index is -0.206. The number of aryl methyl sites for hydroxylation is 3. The maximum atomic E-state index is 13.4. The Balaban J connectivity index is 1.93. The number of aromatic nitrogens is 2. The van der Waals surface area contributed by atoms with E-state index in [1.54, 1.807) is 18.7 Å². The molecule has 4 rings (SSSR count). The zero-order chi connectivity index (χ0) is 23.5. The van der Waals surface area contributed by atoms with E-state index >= 15 is 0 Å². The van der Waals surface area contributed by atoms with Crippen molar-refractivity contribution in [2.24, 2.45) is 5.92 Å². The molecule has 1 aliphatic rings. The zero-order valence-electron chi connectivity index (χ0n) is 19.8. The molecule has 1 amide bonds. The third kappa shape index (κ3) is 4.70. The smallest absolute Gasteiger partial charge is 0.228 e. The van der Waals surface area contributed by atoms with Crippen molar-refractivity contribution < 1.29 is 9.53 Å². The van der Waals surface area contributed by atoms with Crippen LogP contribution in [0, 0.1) is 26.7 Å². The Bertz CT molecular complexity index is 1240. The highest BCUT2D eigenvalue weighted by molar-refractivity contribution is 5.96. The number of carbonyl (C=O) groups excluding carboxylic acids is 1. The summed E-state index contributed by atoms with van der Waals surface area (Å²) in [5.41, 5.74) is 4.33. The van der Waals surface area contributed by atoms with Crippen molar-refractivity contribution in [2.45, 2.75) is 52.9 Å². The Kier molecular flexibility index (Phi) is 6.63. The van der Waals surface area contributed by atoms with Gasteiger partial charge in [-0.25, -0.2) is 4.68 Å². The van der Waals surface area contributed by atoms with Gasteiger partial charge in [0.05, 0.1) is 18.4 Å². The molecule has 0 spiro atoms. The van der Waals surface area contributed by atoms with Crippen LogP contribution in [0.2, 0.25) is 0 Å². The third-order valence-corrected chi connectivity index (χ3v) is 6.57. The standard InChI is InChI=1S/C27H31N3O3/c1-17-13-14-22(15-18(17)2)30-26(28-27(32)20-9-6-5-7-10-20)24(25(31)19(3)29-30)21-11-8-12-23(16-21)33-4/h8,11-16,20H,5-7,9-10H2,1-4H3,(H,28,32). The Labute approximate surface area is 194 Å². The molecule has 3 aromatic rings. The Morgan fingerprint density at radius 1 is 1.03 bits per heavy atom. The second kappa shape index (κ2) is 9.61. The van der Waals surface area contributed by atoms with Crippen LogP contribution in [0.3, 0.4) is 0 Å². The van der Waals surface area contributed by atoms with Gasteiger partial charge in [-0.05, 0) is 74.6 Å². The molecule has 0 atom stereocenters. The van der Waals surface area contributed by atoms with Crippen molar-refractivity contribution >= 4 is 11.7 Å². The van der Waals surface area contributed by atoms with Crippen LogP contribution in [0.4, 0.5) is 5.82 Å². The first-order valence-electron chi connectivity index (χ1n) is 11.6. The van der Waals surface area contributed by atoms with Gasteiger partial charge in [-0.15, -0.1) is 0 Å². The summed E-state index contributed by atoms with van der Waals surface area (Å²) >= 11 is 0. The second-order valence-electron chi connectivity index (χ2n) is 8.87. The monoisotopic (exact) mass is 445 g/mol. The SMILES string of the molecule is COc1cccc(-c2c(NC(=O)C3CCCCC3)n(-c3ccc(C)c(C)c3)nc(C)c2=O)c1. The van der Waals surface area contributed by atoms with Crippen LogP contribution in [0.25, 0.3) is 16.8 Å². The maximum absolute atomic E-state index is 13.4. The van der Waals surface area contributed by atoms with Gasteiger partial charge in [-0.1, -0.05) is 37.5 Å². The van der Waals surface area contributed by atoms with Gasteiger partial charge in [0.1, 0.15) is 17.3 Å². The van der Waals surface area contributed by atoms with Crippen molar-refractivity contribution in [3.63, 3.8) is 0 Å². The van der Waals surface area contributed by atoms with Gasteiger partial charge in [0.25, 0.3) is 0 Å². The molecule has 1 heterocycles. The number of hydrogen-bond donors (Lipinski definition) is 1. The summed E-state index contributed by atoms with van der Waals surface area (Å²) in [6, 6.07) is 13.4. The van der Waals surface area contributed by atoms with Crippen LogP contribution in [-0.4, -0.2) is 22.8 Å². The number of amides is 1. The number of nitrogens with zero attached hydrogens (tertiary/aromatic N) is 2. The zero-order valence-corrected chi connectivity index (χ0v) is 19.8. The topological polar surface area (TPSA) is 73.2 Å². The van der Waals surface area contributed by atoms with Gasteiger partial charge < -0.3 is 10.1 Å². The number of hydrogen-bond acceptors (Lipinski definition) is 4. The van der Waals surface area contributed by atoms with Crippen LogP contribution in [-0.2, 0) is 4.79 Å². The highest BCUT2D eigenvalue weighted by atomic mass is 16.5. The molecule has 0 radical (unpaired) electrons. The quantitative estimate of drug-likeness (QED) is 0.574. The molecule has 1 saturated carbocycles. The van der Waals surface area contributed by atoms with Gasteiger partial charge in [0.15, 0.2) is 0 Å². The first kappa shape index (κ1) is 22.8. The predicted molar refractivity (Wildman–Crippen MR) is 131 cm³/mol. The van der Waals surface area contributed by atoms with E-state index in [4.69, 9.17) is 4.74 Å². The lowest BCUT2D eigenvalue weighted by Gasteiger charge is -2.24. The largest absolute Gasteiger partial charge is 0.497 e. The van der Waals surface area contributed by atoms with E-state index in [0.29, 0.717) is 28.4 Å². The minimum absolute atomic E-state index is 0.0541. The molecule has 0 unspecified atom stereocenters. The lowest BCUT2D eigenvalue weighted by Crippen LogP contribution is -2.29. The summed E-state index contributed by atoms with van der Waals surface area (Å²) in [5, 5.41) is 7.70. The molecule has 1 aromatic heterocycles. The van der Waals surface area contributed by atoms with E-state index in [-0.39, 0.29) is 17.3 Å². The molecule has 1 fully saturated rings. The fourth-order valence-corrected chi connectivity index (χ4v) is 4.43. The normalized spacial score (nSPS) is 14.2. The van der Waals surface area contributed by atoms with Gasteiger partial charge in [-0.3, -0.25) is 9.59 Å². The van der Waals surface area contributed by atoms with Gasteiger partial charge >= 0.3 is 0 Å². The fourth-order valence-electron chi connectivity index (χ4n) is 4.43. The van der Waals surface area contributed by atoms with Crippen LogP contribution in [0.5, 0.6) is 5.75 Å². The van der Waals surface area contributed by atoms with Crippen LogP contribution in [0.1, 0.15) is 48.9 Å². The van der Waals surface area contributed by atoms with Crippen LogP contribution < -0.4 is 15.5 Å². The van der Waals surface area contributed by atoms with E-state index in [9.17, 15) is 9.59 Å². The molecular formula is C27H31N3O3. The number of anilines is 1. The number of carbonyl (C=O) groups is 1. The van der Waals surface area contributed by atoms with Crippen molar-refractivity contribution in [3.05, 3.63) is 69.5 Å². The summed E-state index contributed by atoms with van der Waals surface area (Å²) in [4.78, 5) is 26.7. The number of ether oxygens (including phenoxy) is 1. The molecule has 0 saturated heterocycles. The Hall–Kier alpha value is -3.41.